The molecule has 3 aromatic rings. The van der Waals surface area contributed by atoms with Crippen molar-refractivity contribution in [3.63, 3.8) is 0 Å². The Morgan fingerprint density at radius 3 is 2.80 bits per heavy atom. The van der Waals surface area contributed by atoms with Crippen LogP contribution in [0.2, 0.25) is 10.0 Å². The van der Waals surface area contributed by atoms with E-state index in [0.29, 0.717) is 27.2 Å². The standard InChI is InChI=1S/C17H14Cl2N4OS/c1-11-21-22-17(25)23(11)20-9-12-3-2-4-14(7-12)24-10-13-5-6-15(18)16(19)8-13/h2-9H,10H2,1H3,(H,22,25)/b20-9+. The number of nitrogens with zero attached hydrogens (tertiary/aromatic N) is 3. The third-order valence-electron chi connectivity index (χ3n) is 3.38. The van der Waals surface area contributed by atoms with Crippen molar-refractivity contribution in [3.8, 4) is 5.75 Å². The van der Waals surface area contributed by atoms with Crippen molar-refractivity contribution in [3.05, 3.63) is 74.2 Å². The molecule has 0 amide bonds. The average molecular weight is 393 g/mol. The van der Waals surface area contributed by atoms with E-state index in [4.69, 9.17) is 40.2 Å². The highest BCUT2D eigenvalue weighted by atomic mass is 35.5. The zero-order valence-electron chi connectivity index (χ0n) is 13.2. The predicted octanol–water partition coefficient (Wildman–Crippen LogP) is 5.02. The Morgan fingerprint density at radius 2 is 2.08 bits per heavy atom. The van der Waals surface area contributed by atoms with Crippen LogP contribution < -0.4 is 4.74 Å². The number of hydrogen-bond donors (Lipinski definition) is 1. The summed E-state index contributed by atoms with van der Waals surface area (Å²) in [5, 5.41) is 12.1. The number of aromatic nitrogens is 3. The van der Waals surface area contributed by atoms with Gasteiger partial charge in [0, 0.05) is 0 Å². The molecule has 2 aromatic carbocycles. The van der Waals surface area contributed by atoms with Gasteiger partial charge in [0.15, 0.2) is 0 Å². The molecule has 0 spiro atoms. The van der Waals surface area contributed by atoms with Gasteiger partial charge in [-0.3, -0.25) is 5.10 Å². The monoisotopic (exact) mass is 392 g/mol. The van der Waals surface area contributed by atoms with Crippen molar-refractivity contribution in [2.24, 2.45) is 5.10 Å². The summed E-state index contributed by atoms with van der Waals surface area (Å²) in [6.45, 7) is 2.21. The Balaban J connectivity index is 1.71. The SMILES string of the molecule is Cc1n[nH]c(=S)n1/N=C/c1cccc(OCc2ccc(Cl)c(Cl)c2)c1. The molecule has 5 nitrogen and oxygen atoms in total. The van der Waals surface area contributed by atoms with Crippen molar-refractivity contribution in [1.82, 2.24) is 14.9 Å². The molecule has 0 bridgehead atoms. The van der Waals surface area contributed by atoms with Crippen LogP contribution in [-0.2, 0) is 6.61 Å². The van der Waals surface area contributed by atoms with E-state index >= 15 is 0 Å². The van der Waals surface area contributed by atoms with E-state index in [0.717, 1.165) is 16.9 Å². The maximum atomic E-state index is 6.01. The van der Waals surface area contributed by atoms with Gasteiger partial charge in [-0.25, -0.2) is 0 Å². The molecule has 0 aliphatic heterocycles. The summed E-state index contributed by atoms with van der Waals surface area (Å²) in [5.41, 5.74) is 1.82. The minimum atomic E-state index is 0.392. The molecule has 0 saturated carbocycles. The van der Waals surface area contributed by atoms with Gasteiger partial charge in [0.05, 0.1) is 16.3 Å². The first-order valence-electron chi connectivity index (χ1n) is 7.38. The van der Waals surface area contributed by atoms with Gasteiger partial charge < -0.3 is 4.74 Å². The number of nitrogens with one attached hydrogen (secondary N) is 1. The van der Waals surface area contributed by atoms with Gasteiger partial charge in [-0.2, -0.15) is 14.9 Å². The van der Waals surface area contributed by atoms with E-state index in [1.54, 1.807) is 23.0 Å². The summed E-state index contributed by atoms with van der Waals surface area (Å²) >= 11 is 17.0. The summed E-state index contributed by atoms with van der Waals surface area (Å²) in [6.07, 6.45) is 1.70. The van der Waals surface area contributed by atoms with Crippen LogP contribution in [0.15, 0.2) is 47.6 Å². The molecule has 1 aromatic heterocycles. The third-order valence-corrected chi connectivity index (χ3v) is 4.39. The van der Waals surface area contributed by atoms with Gasteiger partial charge in [-0.1, -0.05) is 41.4 Å². The van der Waals surface area contributed by atoms with Crippen LogP contribution in [-0.4, -0.2) is 21.1 Å². The molecule has 0 aliphatic rings. The maximum Gasteiger partial charge on any atom is 0.216 e. The van der Waals surface area contributed by atoms with E-state index in [9.17, 15) is 0 Å². The zero-order valence-corrected chi connectivity index (χ0v) is 15.6. The lowest BCUT2D eigenvalue weighted by Crippen LogP contribution is -1.97. The number of halogens is 2. The summed E-state index contributed by atoms with van der Waals surface area (Å²) < 4.78 is 7.80. The van der Waals surface area contributed by atoms with Crippen molar-refractivity contribution >= 4 is 41.6 Å². The van der Waals surface area contributed by atoms with Crippen LogP contribution >= 0.6 is 35.4 Å². The van der Waals surface area contributed by atoms with E-state index in [-0.39, 0.29) is 0 Å². The summed E-state index contributed by atoms with van der Waals surface area (Å²) in [6, 6.07) is 13.0. The lowest BCUT2D eigenvalue weighted by molar-refractivity contribution is 0.306. The topological polar surface area (TPSA) is 55.2 Å². The second kappa shape index (κ2) is 7.82. The minimum Gasteiger partial charge on any atom is -0.489 e. The largest absolute Gasteiger partial charge is 0.489 e. The number of hydrogen-bond acceptors (Lipinski definition) is 4. The molecule has 1 N–H and O–H groups in total. The van der Waals surface area contributed by atoms with E-state index in [1.165, 1.54) is 0 Å². The second-order valence-electron chi connectivity index (χ2n) is 5.24. The number of benzene rings is 2. The Labute approximate surface area is 159 Å². The molecule has 0 unspecified atom stereocenters. The molecule has 3 rings (SSSR count). The van der Waals surface area contributed by atoms with E-state index < -0.39 is 0 Å². The Hall–Kier alpha value is -2.15. The fourth-order valence-corrected chi connectivity index (χ4v) is 2.66. The van der Waals surface area contributed by atoms with Crippen molar-refractivity contribution in [2.75, 3.05) is 0 Å². The first-order chi connectivity index (χ1) is 12.0. The van der Waals surface area contributed by atoms with Crippen molar-refractivity contribution in [1.29, 1.82) is 0 Å². The second-order valence-corrected chi connectivity index (χ2v) is 6.44. The molecule has 0 aliphatic carbocycles. The number of rotatable bonds is 5. The number of aryl methyl sites for hydroxylation is 1. The van der Waals surface area contributed by atoms with Crippen LogP contribution in [0.25, 0.3) is 0 Å². The Morgan fingerprint density at radius 1 is 1.24 bits per heavy atom. The van der Waals surface area contributed by atoms with Crippen LogP contribution in [0.5, 0.6) is 5.75 Å². The van der Waals surface area contributed by atoms with Gasteiger partial charge in [-0.15, -0.1) is 0 Å². The highest BCUT2D eigenvalue weighted by molar-refractivity contribution is 7.71. The summed E-state index contributed by atoms with van der Waals surface area (Å²) in [4.78, 5) is 0. The van der Waals surface area contributed by atoms with Crippen LogP contribution in [0.1, 0.15) is 17.0 Å². The molecule has 128 valence electrons. The number of H-pyrrole nitrogens is 1. The van der Waals surface area contributed by atoms with Gasteiger partial charge in [0.2, 0.25) is 4.77 Å². The quantitative estimate of drug-likeness (QED) is 0.489. The fourth-order valence-electron chi connectivity index (χ4n) is 2.11. The fraction of sp³-hybridized carbons (Fsp3) is 0.118. The van der Waals surface area contributed by atoms with Crippen LogP contribution in [0.4, 0.5) is 0 Å². The van der Waals surface area contributed by atoms with E-state index in [1.807, 2.05) is 37.3 Å². The lowest BCUT2D eigenvalue weighted by atomic mass is 10.2. The first-order valence-corrected chi connectivity index (χ1v) is 8.54. The molecule has 0 fully saturated rings. The third kappa shape index (κ3) is 4.48. The normalized spacial score (nSPS) is 11.2. The minimum absolute atomic E-state index is 0.392. The van der Waals surface area contributed by atoms with E-state index in [2.05, 4.69) is 15.3 Å². The molecule has 8 heteroatoms. The molecule has 25 heavy (non-hydrogen) atoms. The zero-order chi connectivity index (χ0) is 17.8. The smallest absolute Gasteiger partial charge is 0.216 e. The molecular weight excluding hydrogens is 379 g/mol. The highest BCUT2D eigenvalue weighted by Gasteiger charge is 2.02. The lowest BCUT2D eigenvalue weighted by Gasteiger charge is -2.08. The molecule has 1 heterocycles. The molecular formula is C17H14Cl2N4OS. The van der Waals surface area contributed by atoms with Crippen molar-refractivity contribution in [2.45, 2.75) is 13.5 Å². The molecule has 0 saturated heterocycles. The predicted molar refractivity (Wildman–Crippen MR) is 102 cm³/mol. The van der Waals surface area contributed by atoms with Crippen LogP contribution in [0.3, 0.4) is 0 Å². The average Bonchev–Trinajstić information content (AvgIpc) is 2.93. The highest BCUT2D eigenvalue weighted by Crippen LogP contribution is 2.23. The van der Waals surface area contributed by atoms with Gasteiger partial charge >= 0.3 is 0 Å². The van der Waals surface area contributed by atoms with Crippen molar-refractivity contribution < 1.29 is 4.74 Å². The maximum absolute atomic E-state index is 6.01. The van der Waals surface area contributed by atoms with Crippen LogP contribution in [0, 0.1) is 11.7 Å². The Kier molecular flexibility index (Phi) is 5.53. The number of aromatic amines is 1. The first kappa shape index (κ1) is 17.7. The van der Waals surface area contributed by atoms with Gasteiger partial charge in [0.25, 0.3) is 0 Å². The molecule has 0 atom stereocenters. The summed E-state index contributed by atoms with van der Waals surface area (Å²) in [7, 11) is 0. The Bertz CT molecular complexity index is 981. The number of ether oxygens (including phenoxy) is 1. The van der Waals surface area contributed by atoms with Gasteiger partial charge in [-0.05, 0) is 54.5 Å². The molecule has 0 radical (unpaired) electrons. The van der Waals surface area contributed by atoms with Gasteiger partial charge in [0.1, 0.15) is 18.2 Å². The summed E-state index contributed by atoms with van der Waals surface area (Å²) in [5.74, 6) is 1.41.